The fourth-order valence-corrected chi connectivity index (χ4v) is 1.42. The minimum atomic E-state index is -0.0846. The molecule has 3 heteroatoms. The summed E-state index contributed by atoms with van der Waals surface area (Å²) in [5, 5.41) is 3.71. The van der Waals surface area contributed by atoms with Crippen LogP contribution < -0.4 is 0 Å². The summed E-state index contributed by atoms with van der Waals surface area (Å²) in [6.07, 6.45) is 0. The van der Waals surface area contributed by atoms with Crippen LogP contribution in [-0.4, -0.2) is 10.9 Å². The average molecular weight is 201 g/mol. The Hall–Kier alpha value is -1.90. The molecule has 0 spiro atoms. The molecule has 0 aliphatic carbocycles. The quantitative estimate of drug-likeness (QED) is 0.701. The van der Waals surface area contributed by atoms with Crippen molar-refractivity contribution in [3.63, 3.8) is 0 Å². The summed E-state index contributed by atoms with van der Waals surface area (Å²) in [6.45, 7) is 3.46. The zero-order valence-corrected chi connectivity index (χ0v) is 8.65. The Balaban J connectivity index is 2.46. The number of ketones is 1. The van der Waals surface area contributed by atoms with Crippen LogP contribution in [0, 0.1) is 6.92 Å². The molecule has 0 saturated heterocycles. The first-order chi connectivity index (χ1) is 7.18. The Bertz CT molecular complexity index is 500. The van der Waals surface area contributed by atoms with Crippen molar-refractivity contribution in [3.05, 3.63) is 41.6 Å². The van der Waals surface area contributed by atoms with Crippen LogP contribution in [0.25, 0.3) is 11.3 Å². The van der Waals surface area contributed by atoms with Gasteiger partial charge in [-0.2, -0.15) is 0 Å². The molecule has 2 aromatic rings. The zero-order chi connectivity index (χ0) is 10.8. The van der Waals surface area contributed by atoms with Gasteiger partial charge in [-0.15, -0.1) is 0 Å². The van der Waals surface area contributed by atoms with Crippen molar-refractivity contribution in [2.75, 3.05) is 0 Å². The lowest BCUT2D eigenvalue weighted by molar-refractivity contribution is 0.100. The van der Waals surface area contributed by atoms with Gasteiger partial charge in [0.05, 0.1) is 0 Å². The van der Waals surface area contributed by atoms with Crippen molar-refractivity contribution in [2.24, 2.45) is 0 Å². The number of carbonyl (C=O) groups is 1. The van der Waals surface area contributed by atoms with Gasteiger partial charge < -0.3 is 4.52 Å². The van der Waals surface area contributed by atoms with Gasteiger partial charge in [0.15, 0.2) is 11.5 Å². The molecule has 0 amide bonds. The summed E-state index contributed by atoms with van der Waals surface area (Å²) in [7, 11) is 0. The summed E-state index contributed by atoms with van der Waals surface area (Å²) in [5.74, 6) is 0.553. The molecular formula is C12H11NO2. The number of nitrogens with zero attached hydrogens (tertiary/aromatic N) is 1. The van der Waals surface area contributed by atoms with Gasteiger partial charge in [0.1, 0.15) is 5.69 Å². The van der Waals surface area contributed by atoms with E-state index in [1.165, 1.54) is 6.92 Å². The van der Waals surface area contributed by atoms with Crippen molar-refractivity contribution in [1.29, 1.82) is 0 Å². The van der Waals surface area contributed by atoms with E-state index in [0.29, 0.717) is 11.5 Å². The first-order valence-corrected chi connectivity index (χ1v) is 4.72. The predicted octanol–water partition coefficient (Wildman–Crippen LogP) is 2.85. The topological polar surface area (TPSA) is 43.1 Å². The van der Waals surface area contributed by atoms with Gasteiger partial charge in [-0.1, -0.05) is 29.4 Å². The van der Waals surface area contributed by atoms with Crippen molar-refractivity contribution in [1.82, 2.24) is 5.16 Å². The molecule has 0 aliphatic rings. The van der Waals surface area contributed by atoms with E-state index in [2.05, 4.69) is 5.16 Å². The summed E-state index contributed by atoms with van der Waals surface area (Å²) >= 11 is 0. The molecule has 0 unspecified atom stereocenters. The van der Waals surface area contributed by atoms with Crippen molar-refractivity contribution in [3.8, 4) is 11.3 Å². The minimum absolute atomic E-state index is 0.0846. The standard InChI is InChI=1S/C12H11NO2/c1-8-5-3-4-6-10(8)12-7-11(9(2)14)13-15-12/h3-7H,1-2H3. The van der Waals surface area contributed by atoms with Gasteiger partial charge in [0.25, 0.3) is 0 Å². The van der Waals surface area contributed by atoms with E-state index in [1.54, 1.807) is 6.07 Å². The maximum absolute atomic E-state index is 11.1. The van der Waals surface area contributed by atoms with E-state index in [0.717, 1.165) is 11.1 Å². The third-order valence-electron chi connectivity index (χ3n) is 2.28. The number of benzene rings is 1. The Morgan fingerprint density at radius 2 is 2.07 bits per heavy atom. The van der Waals surface area contributed by atoms with E-state index in [9.17, 15) is 4.79 Å². The van der Waals surface area contributed by atoms with Gasteiger partial charge in [0.2, 0.25) is 0 Å². The largest absolute Gasteiger partial charge is 0.356 e. The fourth-order valence-electron chi connectivity index (χ4n) is 1.42. The Kier molecular flexibility index (Phi) is 2.37. The highest BCUT2D eigenvalue weighted by Gasteiger charge is 2.10. The minimum Gasteiger partial charge on any atom is -0.356 e. The molecule has 15 heavy (non-hydrogen) atoms. The third-order valence-corrected chi connectivity index (χ3v) is 2.28. The van der Waals surface area contributed by atoms with Gasteiger partial charge >= 0.3 is 0 Å². The monoisotopic (exact) mass is 201 g/mol. The van der Waals surface area contributed by atoms with E-state index < -0.39 is 0 Å². The van der Waals surface area contributed by atoms with E-state index in [-0.39, 0.29) is 5.78 Å². The van der Waals surface area contributed by atoms with Crippen LogP contribution >= 0.6 is 0 Å². The van der Waals surface area contributed by atoms with E-state index in [1.807, 2.05) is 31.2 Å². The number of hydrogen-bond donors (Lipinski definition) is 0. The van der Waals surface area contributed by atoms with Crippen LogP contribution in [0.3, 0.4) is 0 Å². The lowest BCUT2D eigenvalue weighted by atomic mass is 10.1. The molecule has 0 aliphatic heterocycles. The highest BCUT2D eigenvalue weighted by molar-refractivity contribution is 5.92. The fraction of sp³-hybridized carbons (Fsp3) is 0.167. The molecular weight excluding hydrogens is 190 g/mol. The second-order valence-electron chi connectivity index (χ2n) is 3.45. The maximum Gasteiger partial charge on any atom is 0.181 e. The molecule has 76 valence electrons. The Morgan fingerprint density at radius 3 is 2.67 bits per heavy atom. The summed E-state index contributed by atoms with van der Waals surface area (Å²) in [6, 6.07) is 9.50. The molecule has 3 nitrogen and oxygen atoms in total. The predicted molar refractivity (Wildman–Crippen MR) is 56.7 cm³/mol. The van der Waals surface area contributed by atoms with Gasteiger partial charge in [-0.3, -0.25) is 4.79 Å². The highest BCUT2D eigenvalue weighted by Crippen LogP contribution is 2.23. The van der Waals surface area contributed by atoms with Gasteiger partial charge in [-0.25, -0.2) is 0 Å². The van der Waals surface area contributed by atoms with Crippen LogP contribution in [0.4, 0.5) is 0 Å². The number of aromatic nitrogens is 1. The molecule has 0 atom stereocenters. The number of Topliss-reactive ketones (excluding diaryl/α,β-unsaturated/α-hetero) is 1. The van der Waals surface area contributed by atoms with Crippen LogP contribution in [0.1, 0.15) is 23.0 Å². The lowest BCUT2D eigenvalue weighted by Gasteiger charge is -1.98. The highest BCUT2D eigenvalue weighted by atomic mass is 16.5. The van der Waals surface area contributed by atoms with Crippen molar-refractivity contribution in [2.45, 2.75) is 13.8 Å². The average Bonchev–Trinajstić information content (AvgIpc) is 2.67. The summed E-state index contributed by atoms with van der Waals surface area (Å²) < 4.78 is 5.12. The van der Waals surface area contributed by atoms with Crippen LogP contribution in [-0.2, 0) is 0 Å². The number of aryl methyl sites for hydroxylation is 1. The van der Waals surface area contributed by atoms with Crippen molar-refractivity contribution < 1.29 is 9.32 Å². The maximum atomic E-state index is 11.1. The molecule has 1 aromatic carbocycles. The van der Waals surface area contributed by atoms with Crippen LogP contribution in [0.5, 0.6) is 0 Å². The third kappa shape index (κ3) is 1.81. The zero-order valence-electron chi connectivity index (χ0n) is 8.65. The molecule has 0 saturated carbocycles. The SMILES string of the molecule is CC(=O)c1cc(-c2ccccc2C)on1. The summed E-state index contributed by atoms with van der Waals surface area (Å²) in [4.78, 5) is 11.1. The van der Waals surface area contributed by atoms with E-state index in [4.69, 9.17) is 4.52 Å². The number of rotatable bonds is 2. The Labute approximate surface area is 87.7 Å². The second-order valence-corrected chi connectivity index (χ2v) is 3.45. The van der Waals surface area contributed by atoms with E-state index >= 15 is 0 Å². The molecule has 0 N–H and O–H groups in total. The molecule has 1 aromatic heterocycles. The normalized spacial score (nSPS) is 10.3. The number of carbonyl (C=O) groups excluding carboxylic acids is 1. The van der Waals surface area contributed by atoms with Crippen LogP contribution in [0.2, 0.25) is 0 Å². The molecule has 1 heterocycles. The molecule has 0 fully saturated rings. The molecule has 0 bridgehead atoms. The summed E-state index contributed by atoms with van der Waals surface area (Å²) in [5.41, 5.74) is 2.44. The molecule has 2 rings (SSSR count). The Morgan fingerprint density at radius 1 is 1.33 bits per heavy atom. The lowest BCUT2D eigenvalue weighted by Crippen LogP contribution is -1.89. The first-order valence-electron chi connectivity index (χ1n) is 4.72. The molecule has 0 radical (unpaired) electrons. The smallest absolute Gasteiger partial charge is 0.181 e. The number of hydrogen-bond acceptors (Lipinski definition) is 3. The van der Waals surface area contributed by atoms with Crippen molar-refractivity contribution >= 4 is 5.78 Å². The second kappa shape index (κ2) is 3.69. The van der Waals surface area contributed by atoms with Gasteiger partial charge in [0, 0.05) is 18.6 Å². The van der Waals surface area contributed by atoms with Crippen LogP contribution in [0.15, 0.2) is 34.9 Å². The van der Waals surface area contributed by atoms with Gasteiger partial charge in [-0.05, 0) is 12.5 Å². The first kappa shape index (κ1) is 9.65.